The Morgan fingerprint density at radius 3 is 3.07 bits per heavy atom. The van der Waals surface area contributed by atoms with Gasteiger partial charge < -0.3 is 16.4 Å². The number of hydrogen-bond acceptors (Lipinski definition) is 5. The molecular formula is C8H12N6. The molecule has 74 valence electrons. The molecule has 6 nitrogen and oxygen atoms in total. The first-order chi connectivity index (χ1) is 6.72. The fourth-order valence-corrected chi connectivity index (χ4v) is 0.762. The van der Waals surface area contributed by atoms with E-state index in [1.165, 1.54) is 6.20 Å². The van der Waals surface area contributed by atoms with Crippen molar-refractivity contribution in [1.82, 2.24) is 15.3 Å². The predicted octanol–water partition coefficient (Wildman–Crippen LogP) is 0.181. The predicted molar refractivity (Wildman–Crippen MR) is 56.0 cm³/mol. The normalized spacial score (nSPS) is 10.1. The Morgan fingerprint density at radius 1 is 1.64 bits per heavy atom. The second-order valence-electron chi connectivity index (χ2n) is 2.47. The van der Waals surface area contributed by atoms with Gasteiger partial charge in [0.1, 0.15) is 11.7 Å². The van der Waals surface area contributed by atoms with E-state index in [1.54, 1.807) is 25.4 Å². The van der Waals surface area contributed by atoms with Crippen molar-refractivity contribution in [3.05, 3.63) is 24.5 Å². The van der Waals surface area contributed by atoms with Gasteiger partial charge in [-0.3, -0.25) is 5.41 Å². The van der Waals surface area contributed by atoms with E-state index in [-0.39, 0.29) is 5.84 Å². The average molecular weight is 192 g/mol. The third-order valence-electron chi connectivity index (χ3n) is 1.34. The van der Waals surface area contributed by atoms with Crippen molar-refractivity contribution in [2.75, 3.05) is 18.1 Å². The molecule has 1 aromatic heterocycles. The minimum Gasteiger partial charge on any atom is -0.394 e. The number of aromatic nitrogens is 2. The lowest BCUT2D eigenvalue weighted by Gasteiger charge is -2.02. The van der Waals surface area contributed by atoms with Gasteiger partial charge in [0.15, 0.2) is 0 Å². The van der Waals surface area contributed by atoms with Crippen molar-refractivity contribution in [3.63, 3.8) is 0 Å². The van der Waals surface area contributed by atoms with E-state index in [0.29, 0.717) is 11.8 Å². The number of nitrogens with two attached hydrogens (primary N) is 1. The molecule has 0 unspecified atom stereocenters. The van der Waals surface area contributed by atoms with Crippen LogP contribution in [0.3, 0.4) is 0 Å². The zero-order valence-electron chi connectivity index (χ0n) is 7.78. The van der Waals surface area contributed by atoms with Gasteiger partial charge in [-0.15, -0.1) is 0 Å². The fraction of sp³-hybridized carbons (Fsp3) is 0.125. The molecule has 6 heteroatoms. The lowest BCUT2D eigenvalue weighted by Crippen LogP contribution is -2.11. The first kappa shape index (κ1) is 9.97. The maximum Gasteiger partial charge on any atom is 0.230 e. The Hall–Kier alpha value is -2.11. The highest BCUT2D eigenvalue weighted by atomic mass is 15.1. The monoisotopic (exact) mass is 192 g/mol. The van der Waals surface area contributed by atoms with Crippen molar-refractivity contribution in [1.29, 1.82) is 5.41 Å². The molecule has 0 bridgehead atoms. The fourth-order valence-electron chi connectivity index (χ4n) is 0.762. The quantitative estimate of drug-likeness (QED) is 0.404. The van der Waals surface area contributed by atoms with Crippen LogP contribution in [0.2, 0.25) is 0 Å². The van der Waals surface area contributed by atoms with Crippen LogP contribution in [0.4, 0.5) is 11.8 Å². The number of hydrogen-bond donors (Lipinski definition) is 4. The van der Waals surface area contributed by atoms with Crippen LogP contribution >= 0.6 is 0 Å². The van der Waals surface area contributed by atoms with Crippen LogP contribution < -0.4 is 16.4 Å². The second kappa shape index (κ2) is 4.80. The number of anilines is 2. The summed E-state index contributed by atoms with van der Waals surface area (Å²) in [6.45, 7) is 0. The van der Waals surface area contributed by atoms with Gasteiger partial charge in [-0.05, 0) is 18.3 Å². The summed E-state index contributed by atoms with van der Waals surface area (Å²) in [5.74, 6) is 0.869. The standard InChI is InChI=1S/C8H12N6/c1-11-4-2-6(9)13-8-12-5-3-7(10)14-8/h2-5,11H,1H3,(H4,9,10,12,13,14)/b4-2-. The summed E-state index contributed by atoms with van der Waals surface area (Å²) in [5.41, 5.74) is 5.44. The highest BCUT2D eigenvalue weighted by Gasteiger charge is 1.96. The van der Waals surface area contributed by atoms with Gasteiger partial charge in [-0.1, -0.05) is 0 Å². The third kappa shape index (κ3) is 3.10. The number of nitrogen functional groups attached to an aromatic ring is 1. The van der Waals surface area contributed by atoms with E-state index < -0.39 is 0 Å². The van der Waals surface area contributed by atoms with E-state index >= 15 is 0 Å². The lowest BCUT2D eigenvalue weighted by molar-refractivity contribution is 1.10. The molecule has 0 aliphatic rings. The number of nitrogens with zero attached hydrogens (tertiary/aromatic N) is 2. The summed E-state index contributed by atoms with van der Waals surface area (Å²) in [6.07, 6.45) is 4.70. The van der Waals surface area contributed by atoms with E-state index in [4.69, 9.17) is 11.1 Å². The molecule has 0 atom stereocenters. The molecule has 0 aliphatic heterocycles. The van der Waals surface area contributed by atoms with Gasteiger partial charge in [0.2, 0.25) is 5.95 Å². The molecule has 0 radical (unpaired) electrons. The maximum atomic E-state index is 7.44. The summed E-state index contributed by atoms with van der Waals surface area (Å²) < 4.78 is 0. The van der Waals surface area contributed by atoms with Crippen LogP contribution in [-0.4, -0.2) is 22.9 Å². The van der Waals surface area contributed by atoms with E-state index in [1.807, 2.05) is 0 Å². The molecular weight excluding hydrogens is 180 g/mol. The summed E-state index contributed by atoms with van der Waals surface area (Å²) in [6, 6.07) is 1.58. The zero-order chi connectivity index (χ0) is 10.4. The maximum absolute atomic E-state index is 7.44. The van der Waals surface area contributed by atoms with Crippen LogP contribution in [0.5, 0.6) is 0 Å². The molecule has 5 N–H and O–H groups in total. The molecule has 0 spiro atoms. The van der Waals surface area contributed by atoms with Gasteiger partial charge >= 0.3 is 0 Å². The van der Waals surface area contributed by atoms with Gasteiger partial charge in [0.25, 0.3) is 0 Å². The minimum absolute atomic E-state index is 0.185. The molecule has 1 heterocycles. The molecule has 1 rings (SSSR count). The van der Waals surface area contributed by atoms with Gasteiger partial charge in [-0.25, -0.2) is 4.98 Å². The molecule has 0 saturated carbocycles. The van der Waals surface area contributed by atoms with Gasteiger partial charge in [0, 0.05) is 13.2 Å². The summed E-state index contributed by atoms with van der Waals surface area (Å²) in [5, 5.41) is 12.9. The van der Waals surface area contributed by atoms with Crippen molar-refractivity contribution in [3.8, 4) is 0 Å². The summed E-state index contributed by atoms with van der Waals surface area (Å²) >= 11 is 0. The van der Waals surface area contributed by atoms with E-state index in [0.717, 1.165) is 0 Å². The van der Waals surface area contributed by atoms with Crippen molar-refractivity contribution >= 4 is 17.6 Å². The Morgan fingerprint density at radius 2 is 2.43 bits per heavy atom. The Bertz CT molecular complexity index is 345. The zero-order valence-corrected chi connectivity index (χ0v) is 7.78. The van der Waals surface area contributed by atoms with E-state index in [9.17, 15) is 0 Å². The van der Waals surface area contributed by atoms with Crippen LogP contribution in [0, 0.1) is 5.41 Å². The molecule has 0 saturated heterocycles. The molecule has 0 amide bonds. The van der Waals surface area contributed by atoms with Crippen molar-refractivity contribution in [2.45, 2.75) is 0 Å². The van der Waals surface area contributed by atoms with Crippen molar-refractivity contribution < 1.29 is 0 Å². The first-order valence-corrected chi connectivity index (χ1v) is 4.00. The highest BCUT2D eigenvalue weighted by Crippen LogP contribution is 2.00. The number of rotatable bonds is 3. The van der Waals surface area contributed by atoms with Gasteiger partial charge in [-0.2, -0.15) is 4.98 Å². The molecule has 14 heavy (non-hydrogen) atoms. The Labute approximate surface area is 81.8 Å². The Balaban J connectivity index is 2.60. The third-order valence-corrected chi connectivity index (χ3v) is 1.34. The molecule has 0 aliphatic carbocycles. The summed E-state index contributed by atoms with van der Waals surface area (Å²) in [7, 11) is 1.75. The SMILES string of the molecule is CN/C=C\C(=N)Nc1nccc(N)n1. The Kier molecular flexibility index (Phi) is 3.42. The smallest absolute Gasteiger partial charge is 0.230 e. The average Bonchev–Trinajstić information content (AvgIpc) is 2.15. The highest BCUT2D eigenvalue weighted by molar-refractivity contribution is 6.00. The van der Waals surface area contributed by atoms with Crippen LogP contribution in [0.15, 0.2) is 24.5 Å². The van der Waals surface area contributed by atoms with Crippen molar-refractivity contribution in [2.24, 2.45) is 0 Å². The summed E-state index contributed by atoms with van der Waals surface area (Å²) in [4.78, 5) is 7.77. The molecule has 0 fully saturated rings. The second-order valence-corrected chi connectivity index (χ2v) is 2.47. The number of nitrogens with one attached hydrogen (secondary N) is 3. The van der Waals surface area contributed by atoms with Crippen LogP contribution in [0.1, 0.15) is 0 Å². The van der Waals surface area contributed by atoms with Gasteiger partial charge in [0.05, 0.1) is 0 Å². The topological polar surface area (TPSA) is 99.7 Å². The molecule has 1 aromatic rings. The first-order valence-electron chi connectivity index (χ1n) is 4.00. The van der Waals surface area contributed by atoms with E-state index in [2.05, 4.69) is 20.6 Å². The van der Waals surface area contributed by atoms with Crippen LogP contribution in [0.25, 0.3) is 0 Å². The number of amidine groups is 1. The molecule has 0 aromatic carbocycles. The minimum atomic E-state index is 0.185. The lowest BCUT2D eigenvalue weighted by atomic mass is 10.5. The van der Waals surface area contributed by atoms with Crippen LogP contribution in [-0.2, 0) is 0 Å². The largest absolute Gasteiger partial charge is 0.394 e.